The number of fused-ring (bicyclic) bond motifs is 3. The Kier molecular flexibility index (Phi) is 4.52. The van der Waals surface area contributed by atoms with E-state index < -0.39 is 0 Å². The van der Waals surface area contributed by atoms with Gasteiger partial charge in [0, 0.05) is 32.0 Å². The molecule has 1 heterocycles. The van der Waals surface area contributed by atoms with Gasteiger partial charge < -0.3 is 0 Å². The van der Waals surface area contributed by atoms with Crippen LogP contribution in [0.5, 0.6) is 0 Å². The maximum absolute atomic E-state index is 12.6. The lowest BCUT2D eigenvalue weighted by Crippen LogP contribution is -2.30. The highest BCUT2D eigenvalue weighted by molar-refractivity contribution is 5.81. The molecule has 0 amide bonds. The average Bonchev–Trinajstić information content (AvgIpc) is 2.75. The number of hydrogen-bond acceptors (Lipinski definition) is 2. The molecule has 4 rings (SSSR count). The number of nitrogens with zero attached hydrogens (tertiary/aromatic N) is 1. The number of carbonyl (C=O) groups is 1. The van der Waals surface area contributed by atoms with Crippen molar-refractivity contribution in [1.29, 1.82) is 0 Å². The number of benzene rings is 1. The standard InChI is InChI=1S/C21H29NO/c23-21-12-11-17-14-22(13-16-7-3-1-4-8-16)15-20(17)18-9-5-2-6-10-19(18)21/h1,3-4,7-8,17-20H,2,5-6,9-15H2. The molecule has 1 aromatic rings. The van der Waals surface area contributed by atoms with Crippen molar-refractivity contribution in [2.45, 2.75) is 51.5 Å². The highest BCUT2D eigenvalue weighted by Gasteiger charge is 2.45. The first-order valence-electron chi connectivity index (χ1n) is 9.60. The minimum atomic E-state index is 0.393. The van der Waals surface area contributed by atoms with E-state index >= 15 is 0 Å². The fourth-order valence-corrected chi connectivity index (χ4v) is 5.51. The zero-order valence-electron chi connectivity index (χ0n) is 14.1. The van der Waals surface area contributed by atoms with Crippen molar-refractivity contribution in [3.05, 3.63) is 35.9 Å². The van der Waals surface area contributed by atoms with Gasteiger partial charge in [-0.1, -0.05) is 49.6 Å². The topological polar surface area (TPSA) is 20.3 Å². The molecule has 3 fully saturated rings. The second-order valence-corrected chi connectivity index (χ2v) is 8.02. The monoisotopic (exact) mass is 311 g/mol. The van der Waals surface area contributed by atoms with Gasteiger partial charge in [0.2, 0.25) is 0 Å². The number of carbonyl (C=O) groups excluding carboxylic acids is 1. The van der Waals surface area contributed by atoms with Gasteiger partial charge in [-0.3, -0.25) is 9.69 Å². The molecule has 23 heavy (non-hydrogen) atoms. The van der Waals surface area contributed by atoms with Crippen LogP contribution < -0.4 is 0 Å². The number of likely N-dealkylation sites (tertiary alicyclic amines) is 1. The van der Waals surface area contributed by atoms with Crippen molar-refractivity contribution in [1.82, 2.24) is 4.90 Å². The van der Waals surface area contributed by atoms with Gasteiger partial charge in [-0.05, 0) is 42.6 Å². The molecule has 2 heteroatoms. The fourth-order valence-electron chi connectivity index (χ4n) is 5.51. The molecule has 2 saturated carbocycles. The summed E-state index contributed by atoms with van der Waals surface area (Å²) in [4.78, 5) is 15.2. The van der Waals surface area contributed by atoms with Crippen LogP contribution in [0.3, 0.4) is 0 Å². The van der Waals surface area contributed by atoms with Crippen molar-refractivity contribution in [3.8, 4) is 0 Å². The third kappa shape index (κ3) is 3.24. The van der Waals surface area contributed by atoms with Crippen LogP contribution in [0.15, 0.2) is 30.3 Å². The molecule has 1 saturated heterocycles. The van der Waals surface area contributed by atoms with Crippen LogP contribution in [-0.4, -0.2) is 23.8 Å². The van der Waals surface area contributed by atoms with E-state index in [1.54, 1.807) is 0 Å². The van der Waals surface area contributed by atoms with Gasteiger partial charge in [0.25, 0.3) is 0 Å². The smallest absolute Gasteiger partial charge is 0.136 e. The van der Waals surface area contributed by atoms with E-state index in [9.17, 15) is 4.79 Å². The SMILES string of the molecule is O=C1CCC2CN(Cc3ccccc3)CC2C2CCCCCC12. The lowest BCUT2D eigenvalue weighted by molar-refractivity contribution is -0.124. The summed E-state index contributed by atoms with van der Waals surface area (Å²) < 4.78 is 0. The summed E-state index contributed by atoms with van der Waals surface area (Å²) in [7, 11) is 0. The predicted molar refractivity (Wildman–Crippen MR) is 93.0 cm³/mol. The van der Waals surface area contributed by atoms with Crippen molar-refractivity contribution < 1.29 is 4.79 Å². The van der Waals surface area contributed by atoms with E-state index in [0.29, 0.717) is 17.6 Å². The maximum Gasteiger partial charge on any atom is 0.136 e. The molecule has 1 aromatic carbocycles. The predicted octanol–water partition coefficient (Wildman–Crippen LogP) is 4.29. The van der Waals surface area contributed by atoms with Crippen LogP contribution >= 0.6 is 0 Å². The number of ketones is 1. The van der Waals surface area contributed by atoms with E-state index in [4.69, 9.17) is 0 Å². The summed E-state index contributed by atoms with van der Waals surface area (Å²) in [6.07, 6.45) is 8.42. The lowest BCUT2D eigenvalue weighted by atomic mass is 9.75. The molecule has 0 aromatic heterocycles. The quantitative estimate of drug-likeness (QED) is 0.812. The summed E-state index contributed by atoms with van der Waals surface area (Å²) in [5.41, 5.74) is 1.43. The molecular weight excluding hydrogens is 282 g/mol. The number of Topliss-reactive ketones (excluding diaryl/α,β-unsaturated/α-hetero) is 1. The highest BCUT2D eigenvalue weighted by atomic mass is 16.1. The second-order valence-electron chi connectivity index (χ2n) is 8.02. The molecule has 4 atom stereocenters. The minimum absolute atomic E-state index is 0.393. The molecule has 124 valence electrons. The molecule has 2 aliphatic carbocycles. The summed E-state index contributed by atoms with van der Waals surface area (Å²) >= 11 is 0. The fraction of sp³-hybridized carbons (Fsp3) is 0.667. The number of hydrogen-bond donors (Lipinski definition) is 0. The Hall–Kier alpha value is -1.15. The van der Waals surface area contributed by atoms with E-state index in [0.717, 1.165) is 31.2 Å². The average molecular weight is 311 g/mol. The zero-order valence-corrected chi connectivity index (χ0v) is 14.1. The Morgan fingerprint density at radius 2 is 1.74 bits per heavy atom. The van der Waals surface area contributed by atoms with Crippen LogP contribution in [0.4, 0.5) is 0 Å². The van der Waals surface area contributed by atoms with Gasteiger partial charge in [0.1, 0.15) is 5.78 Å². The van der Waals surface area contributed by atoms with Crippen LogP contribution in [0.1, 0.15) is 50.5 Å². The van der Waals surface area contributed by atoms with Gasteiger partial charge in [0.15, 0.2) is 0 Å². The van der Waals surface area contributed by atoms with Crippen molar-refractivity contribution in [2.75, 3.05) is 13.1 Å². The molecule has 1 aliphatic heterocycles. The van der Waals surface area contributed by atoms with Crippen molar-refractivity contribution >= 4 is 5.78 Å². The molecule has 3 aliphatic rings. The largest absolute Gasteiger partial charge is 0.299 e. The summed E-state index contributed by atoms with van der Waals surface area (Å²) in [5, 5.41) is 0. The van der Waals surface area contributed by atoms with Crippen LogP contribution in [0.2, 0.25) is 0 Å². The van der Waals surface area contributed by atoms with E-state index in [-0.39, 0.29) is 0 Å². The van der Waals surface area contributed by atoms with E-state index in [2.05, 4.69) is 35.2 Å². The molecular formula is C21H29NO. The minimum Gasteiger partial charge on any atom is -0.299 e. The van der Waals surface area contributed by atoms with Crippen LogP contribution in [0.25, 0.3) is 0 Å². The Bertz CT molecular complexity index is 540. The lowest BCUT2D eigenvalue weighted by Gasteiger charge is -2.29. The Labute approximate surface area is 140 Å². The third-order valence-corrected chi connectivity index (χ3v) is 6.61. The number of rotatable bonds is 2. The third-order valence-electron chi connectivity index (χ3n) is 6.61. The van der Waals surface area contributed by atoms with Crippen LogP contribution in [0, 0.1) is 23.7 Å². The zero-order chi connectivity index (χ0) is 15.6. The first-order chi connectivity index (χ1) is 11.3. The summed E-state index contributed by atoms with van der Waals surface area (Å²) in [6.45, 7) is 3.50. The Balaban J connectivity index is 1.50. The second kappa shape index (κ2) is 6.76. The van der Waals surface area contributed by atoms with Gasteiger partial charge in [-0.2, -0.15) is 0 Å². The molecule has 4 unspecified atom stereocenters. The molecule has 0 bridgehead atoms. The van der Waals surface area contributed by atoms with Gasteiger partial charge >= 0.3 is 0 Å². The Morgan fingerprint density at radius 3 is 2.61 bits per heavy atom. The van der Waals surface area contributed by atoms with Crippen LogP contribution in [-0.2, 0) is 11.3 Å². The Morgan fingerprint density at radius 1 is 0.913 bits per heavy atom. The first kappa shape index (κ1) is 15.4. The molecule has 0 N–H and O–H groups in total. The molecule has 0 spiro atoms. The van der Waals surface area contributed by atoms with Crippen molar-refractivity contribution in [3.63, 3.8) is 0 Å². The van der Waals surface area contributed by atoms with Crippen molar-refractivity contribution in [2.24, 2.45) is 23.7 Å². The van der Waals surface area contributed by atoms with E-state index in [1.807, 2.05) is 0 Å². The molecule has 0 radical (unpaired) electrons. The summed E-state index contributed by atoms with van der Waals surface area (Å²) in [5.74, 6) is 3.20. The van der Waals surface area contributed by atoms with Gasteiger partial charge in [-0.15, -0.1) is 0 Å². The first-order valence-corrected chi connectivity index (χ1v) is 9.60. The highest BCUT2D eigenvalue weighted by Crippen LogP contribution is 2.45. The maximum atomic E-state index is 12.6. The molecule has 2 nitrogen and oxygen atoms in total. The normalized spacial score (nSPS) is 35.2. The summed E-state index contributed by atoms with van der Waals surface area (Å²) in [6, 6.07) is 10.9. The van der Waals surface area contributed by atoms with E-state index in [1.165, 1.54) is 50.8 Å². The van der Waals surface area contributed by atoms with Gasteiger partial charge in [0.05, 0.1) is 0 Å². The van der Waals surface area contributed by atoms with Gasteiger partial charge in [-0.25, -0.2) is 0 Å².